The molecule has 1 spiro atoms. The van der Waals surface area contributed by atoms with Crippen molar-refractivity contribution < 1.29 is 0 Å². The van der Waals surface area contributed by atoms with Crippen molar-refractivity contribution in [1.29, 1.82) is 0 Å². The Morgan fingerprint density at radius 1 is 1.16 bits per heavy atom. The maximum atomic E-state index is 5.78. The van der Waals surface area contributed by atoms with Crippen LogP contribution in [0.2, 0.25) is 0 Å². The van der Waals surface area contributed by atoms with Gasteiger partial charge in [0.25, 0.3) is 0 Å². The summed E-state index contributed by atoms with van der Waals surface area (Å²) in [7, 11) is 0. The Labute approximate surface area is 145 Å². The molecule has 1 atom stereocenters. The molecule has 5 heterocycles. The summed E-state index contributed by atoms with van der Waals surface area (Å²) < 4.78 is 0. The zero-order valence-corrected chi connectivity index (χ0v) is 14.0. The van der Waals surface area contributed by atoms with Crippen LogP contribution in [0.25, 0.3) is 22.3 Å². The Hall–Kier alpha value is -2.67. The van der Waals surface area contributed by atoms with E-state index in [0.717, 1.165) is 48.5 Å². The number of hydrogen-bond donors (Lipinski definition) is 3. The van der Waals surface area contributed by atoms with E-state index in [0.29, 0.717) is 5.41 Å². The average molecular weight is 335 g/mol. The van der Waals surface area contributed by atoms with E-state index in [2.05, 4.69) is 36.2 Å². The lowest BCUT2D eigenvalue weighted by molar-refractivity contribution is 0.369. The zero-order chi connectivity index (χ0) is 16.9. The normalized spacial score (nSPS) is 23.1. The molecule has 25 heavy (non-hydrogen) atoms. The molecule has 7 nitrogen and oxygen atoms in total. The van der Waals surface area contributed by atoms with Gasteiger partial charge in [0, 0.05) is 49.2 Å². The van der Waals surface area contributed by atoms with Crippen LogP contribution in [0.15, 0.2) is 30.7 Å². The first kappa shape index (κ1) is 14.7. The van der Waals surface area contributed by atoms with Gasteiger partial charge in [0.05, 0.1) is 16.8 Å². The molecule has 2 aliphatic heterocycles. The highest BCUT2D eigenvalue weighted by Crippen LogP contribution is 2.41. The monoisotopic (exact) mass is 335 g/mol. The van der Waals surface area contributed by atoms with Crippen molar-refractivity contribution in [1.82, 2.24) is 25.3 Å². The average Bonchev–Trinajstić information content (AvgIpc) is 3.35. The number of nitrogens with two attached hydrogens (primary N) is 1. The fraction of sp³-hybridized carbons (Fsp3) is 0.389. The van der Waals surface area contributed by atoms with E-state index in [-0.39, 0.29) is 5.95 Å². The minimum absolute atomic E-state index is 0.287. The van der Waals surface area contributed by atoms with Gasteiger partial charge in [-0.1, -0.05) is 0 Å². The second kappa shape index (κ2) is 5.42. The topological polar surface area (TPSA) is 95.8 Å². The standard InChI is InChI=1S/C18H21N7/c19-17-22-5-1-13(24-17)12-9-23-16-15(12)14(2-6-21-16)25-8-4-18(11-25)3-7-20-10-18/h1-2,5-6,9,20H,3-4,7-8,10-11H2,(H,21,23)(H2,19,22,24). The minimum atomic E-state index is 0.287. The van der Waals surface area contributed by atoms with Crippen molar-refractivity contribution in [2.75, 3.05) is 36.8 Å². The number of nitrogen functional groups attached to an aromatic ring is 1. The molecule has 0 amide bonds. The first-order valence-electron chi connectivity index (χ1n) is 8.75. The number of aromatic amines is 1. The second-order valence-corrected chi connectivity index (χ2v) is 7.15. The Balaban J connectivity index is 1.61. The maximum Gasteiger partial charge on any atom is 0.220 e. The van der Waals surface area contributed by atoms with Crippen LogP contribution < -0.4 is 16.0 Å². The van der Waals surface area contributed by atoms with E-state index in [1.807, 2.05) is 18.5 Å². The Kier molecular flexibility index (Phi) is 3.18. The van der Waals surface area contributed by atoms with Crippen LogP contribution >= 0.6 is 0 Å². The van der Waals surface area contributed by atoms with Crippen LogP contribution in [-0.2, 0) is 0 Å². The molecule has 4 N–H and O–H groups in total. The molecule has 0 aromatic carbocycles. The van der Waals surface area contributed by atoms with E-state index in [4.69, 9.17) is 5.73 Å². The quantitative estimate of drug-likeness (QED) is 0.661. The van der Waals surface area contributed by atoms with Gasteiger partial charge in [0.15, 0.2) is 0 Å². The fourth-order valence-electron chi connectivity index (χ4n) is 4.31. The summed E-state index contributed by atoms with van der Waals surface area (Å²) in [5.41, 5.74) is 10.2. The molecule has 0 radical (unpaired) electrons. The van der Waals surface area contributed by atoms with Gasteiger partial charge in [-0.05, 0) is 31.5 Å². The van der Waals surface area contributed by atoms with Crippen LogP contribution in [0.4, 0.5) is 11.6 Å². The maximum absolute atomic E-state index is 5.78. The lowest BCUT2D eigenvalue weighted by atomic mass is 9.86. The SMILES string of the molecule is Nc1nccc(-c2c[nH]c3nccc(N4CCC5(CCNC5)C4)c23)n1. The summed E-state index contributed by atoms with van der Waals surface area (Å²) in [4.78, 5) is 18.7. The summed E-state index contributed by atoms with van der Waals surface area (Å²) in [5.74, 6) is 0.287. The molecule has 5 rings (SSSR count). The van der Waals surface area contributed by atoms with E-state index in [1.54, 1.807) is 6.20 Å². The number of rotatable bonds is 2. The Bertz CT molecular complexity index is 926. The van der Waals surface area contributed by atoms with Gasteiger partial charge in [-0.15, -0.1) is 0 Å². The van der Waals surface area contributed by atoms with Crippen LogP contribution in [0.1, 0.15) is 12.8 Å². The van der Waals surface area contributed by atoms with Gasteiger partial charge in [-0.3, -0.25) is 0 Å². The molecule has 0 saturated carbocycles. The predicted octanol–water partition coefficient (Wildman–Crippen LogP) is 1.79. The lowest BCUT2D eigenvalue weighted by Gasteiger charge is -2.24. The number of fused-ring (bicyclic) bond motifs is 1. The molecule has 3 aromatic heterocycles. The van der Waals surface area contributed by atoms with E-state index in [1.165, 1.54) is 18.5 Å². The summed E-state index contributed by atoms with van der Waals surface area (Å²) in [5, 5.41) is 4.64. The molecule has 0 aliphatic carbocycles. The van der Waals surface area contributed by atoms with Crippen molar-refractivity contribution in [2.45, 2.75) is 12.8 Å². The van der Waals surface area contributed by atoms with Crippen molar-refractivity contribution in [2.24, 2.45) is 5.41 Å². The molecule has 128 valence electrons. The predicted molar refractivity (Wildman–Crippen MR) is 98.3 cm³/mol. The summed E-state index contributed by atoms with van der Waals surface area (Å²) in [6, 6.07) is 4.01. The largest absolute Gasteiger partial charge is 0.370 e. The number of hydrogen-bond acceptors (Lipinski definition) is 6. The Morgan fingerprint density at radius 3 is 2.92 bits per heavy atom. The number of aromatic nitrogens is 4. The van der Waals surface area contributed by atoms with Gasteiger partial charge < -0.3 is 20.9 Å². The first-order chi connectivity index (χ1) is 12.2. The lowest BCUT2D eigenvalue weighted by Crippen LogP contribution is -2.29. The highest BCUT2D eigenvalue weighted by Gasteiger charge is 2.40. The highest BCUT2D eigenvalue weighted by molar-refractivity contribution is 6.02. The number of nitrogens with zero attached hydrogens (tertiary/aromatic N) is 4. The van der Waals surface area contributed by atoms with Crippen LogP contribution in [-0.4, -0.2) is 46.1 Å². The van der Waals surface area contributed by atoms with Gasteiger partial charge in [-0.2, -0.15) is 0 Å². The van der Waals surface area contributed by atoms with Crippen molar-refractivity contribution >= 4 is 22.7 Å². The number of pyridine rings is 1. The van der Waals surface area contributed by atoms with Crippen molar-refractivity contribution in [3.05, 3.63) is 30.7 Å². The molecule has 7 heteroatoms. The summed E-state index contributed by atoms with van der Waals surface area (Å²) in [6.45, 7) is 4.43. The van der Waals surface area contributed by atoms with E-state index >= 15 is 0 Å². The highest BCUT2D eigenvalue weighted by atomic mass is 15.2. The Morgan fingerprint density at radius 2 is 2.08 bits per heavy atom. The summed E-state index contributed by atoms with van der Waals surface area (Å²) in [6.07, 6.45) is 8.04. The molecular formula is C18H21N7. The molecule has 2 aliphatic rings. The van der Waals surface area contributed by atoms with E-state index in [9.17, 15) is 0 Å². The van der Waals surface area contributed by atoms with Gasteiger partial charge in [-0.25, -0.2) is 15.0 Å². The van der Waals surface area contributed by atoms with Crippen LogP contribution in [0.5, 0.6) is 0 Å². The number of nitrogens with one attached hydrogen (secondary N) is 2. The zero-order valence-electron chi connectivity index (χ0n) is 14.0. The molecule has 2 saturated heterocycles. The van der Waals surface area contributed by atoms with Crippen LogP contribution in [0, 0.1) is 5.41 Å². The van der Waals surface area contributed by atoms with E-state index < -0.39 is 0 Å². The molecule has 1 unspecified atom stereocenters. The third-order valence-corrected chi connectivity index (χ3v) is 5.61. The molecular weight excluding hydrogens is 314 g/mol. The van der Waals surface area contributed by atoms with Gasteiger partial charge in [0.2, 0.25) is 5.95 Å². The second-order valence-electron chi connectivity index (χ2n) is 7.15. The fourth-order valence-corrected chi connectivity index (χ4v) is 4.31. The molecule has 2 fully saturated rings. The van der Waals surface area contributed by atoms with Crippen LogP contribution in [0.3, 0.4) is 0 Å². The van der Waals surface area contributed by atoms with Gasteiger partial charge >= 0.3 is 0 Å². The third-order valence-electron chi connectivity index (χ3n) is 5.61. The molecule has 0 bridgehead atoms. The summed E-state index contributed by atoms with van der Waals surface area (Å²) >= 11 is 0. The number of H-pyrrole nitrogens is 1. The number of anilines is 2. The first-order valence-corrected chi connectivity index (χ1v) is 8.75. The smallest absolute Gasteiger partial charge is 0.220 e. The minimum Gasteiger partial charge on any atom is -0.370 e. The van der Waals surface area contributed by atoms with Crippen molar-refractivity contribution in [3.8, 4) is 11.3 Å². The van der Waals surface area contributed by atoms with Gasteiger partial charge in [0.1, 0.15) is 5.65 Å². The van der Waals surface area contributed by atoms with Crippen molar-refractivity contribution in [3.63, 3.8) is 0 Å². The molecule has 3 aromatic rings. The third kappa shape index (κ3) is 2.34.